The smallest absolute Gasteiger partial charge is 0.101 e. The van der Waals surface area contributed by atoms with Crippen LogP contribution >= 0.6 is 11.3 Å². The third-order valence-corrected chi connectivity index (χ3v) is 5.41. The molecule has 0 spiro atoms. The maximum atomic E-state index is 4.90. The molecule has 0 bridgehead atoms. The molecule has 0 aliphatic carbocycles. The summed E-state index contributed by atoms with van der Waals surface area (Å²) in [6.07, 6.45) is 3.72. The van der Waals surface area contributed by atoms with E-state index < -0.39 is 0 Å². The normalized spacial score (nSPS) is 24.6. The Hall–Kier alpha value is -0.930. The predicted molar refractivity (Wildman–Crippen MR) is 78.4 cm³/mol. The summed E-state index contributed by atoms with van der Waals surface area (Å²) in [4.78, 5) is 4.90. The quantitative estimate of drug-likeness (QED) is 0.892. The van der Waals surface area contributed by atoms with Crippen LogP contribution in [0.15, 0.2) is 18.2 Å². The van der Waals surface area contributed by atoms with Crippen LogP contribution in [0.3, 0.4) is 0 Å². The highest BCUT2D eigenvalue weighted by Gasteiger charge is 2.35. The van der Waals surface area contributed by atoms with Crippen molar-refractivity contribution in [3.05, 3.63) is 28.8 Å². The van der Waals surface area contributed by atoms with Crippen molar-refractivity contribution in [2.75, 3.05) is 13.1 Å². The van der Waals surface area contributed by atoms with Crippen molar-refractivity contribution in [3.63, 3.8) is 0 Å². The fraction of sp³-hybridized carbons (Fsp3) is 0.533. The number of aromatic nitrogens is 1. The van der Waals surface area contributed by atoms with E-state index in [1.54, 1.807) is 0 Å². The zero-order chi connectivity index (χ0) is 12.6. The number of nitrogens with zero attached hydrogens (tertiary/aromatic N) is 1. The highest BCUT2D eigenvalue weighted by atomic mass is 32.1. The molecular formula is C15H20N2S. The van der Waals surface area contributed by atoms with Crippen LogP contribution in [-0.2, 0) is 5.41 Å². The predicted octanol–water partition coefficient (Wildman–Crippen LogP) is 3.64. The Morgan fingerprint density at radius 1 is 1.44 bits per heavy atom. The lowest BCUT2D eigenvalue weighted by atomic mass is 9.79. The summed E-state index contributed by atoms with van der Waals surface area (Å²) in [5, 5.41) is 4.88. The van der Waals surface area contributed by atoms with Crippen molar-refractivity contribution in [1.82, 2.24) is 10.3 Å². The molecule has 1 aromatic heterocycles. The Kier molecular flexibility index (Phi) is 3.12. The van der Waals surface area contributed by atoms with Crippen molar-refractivity contribution in [1.29, 1.82) is 0 Å². The summed E-state index contributed by atoms with van der Waals surface area (Å²) in [7, 11) is 0. The fourth-order valence-corrected chi connectivity index (χ4v) is 4.21. The lowest BCUT2D eigenvalue weighted by Gasteiger charge is -2.35. The van der Waals surface area contributed by atoms with Crippen LogP contribution in [-0.4, -0.2) is 18.1 Å². The molecule has 2 heterocycles. The van der Waals surface area contributed by atoms with E-state index in [-0.39, 0.29) is 5.41 Å². The minimum Gasteiger partial charge on any atom is -0.316 e. The average molecular weight is 260 g/mol. The number of hydrogen-bond donors (Lipinski definition) is 1. The van der Waals surface area contributed by atoms with Gasteiger partial charge in [-0.15, -0.1) is 11.3 Å². The monoisotopic (exact) mass is 260 g/mol. The second-order valence-electron chi connectivity index (χ2n) is 5.40. The van der Waals surface area contributed by atoms with Crippen LogP contribution in [0.5, 0.6) is 0 Å². The lowest BCUT2D eigenvalue weighted by molar-refractivity contribution is 0.302. The van der Waals surface area contributed by atoms with Crippen molar-refractivity contribution < 1.29 is 0 Å². The van der Waals surface area contributed by atoms with Gasteiger partial charge in [0.2, 0.25) is 0 Å². The molecule has 1 aromatic carbocycles. The molecule has 1 aliphatic heterocycles. The van der Waals surface area contributed by atoms with Gasteiger partial charge in [-0.05, 0) is 50.4 Å². The third-order valence-electron chi connectivity index (χ3n) is 4.15. The van der Waals surface area contributed by atoms with Gasteiger partial charge in [0.05, 0.1) is 10.2 Å². The number of thiazole rings is 1. The standard InChI is InChI=1S/C15H20N2S/c1-3-15(7-4-8-16-10-15)14-17-12-6-5-11(2)9-13(12)18-14/h5-6,9,16H,3-4,7-8,10H2,1-2H3. The Labute approximate surface area is 112 Å². The van der Waals surface area contributed by atoms with Crippen molar-refractivity contribution in [3.8, 4) is 0 Å². The molecule has 0 radical (unpaired) electrons. The van der Waals surface area contributed by atoms with Crippen LogP contribution in [0.25, 0.3) is 10.2 Å². The maximum absolute atomic E-state index is 4.90. The Morgan fingerprint density at radius 3 is 3.06 bits per heavy atom. The summed E-state index contributed by atoms with van der Waals surface area (Å²) in [5.41, 5.74) is 2.76. The second-order valence-corrected chi connectivity index (χ2v) is 6.44. The Morgan fingerprint density at radius 2 is 2.33 bits per heavy atom. The van der Waals surface area contributed by atoms with Gasteiger partial charge in [-0.2, -0.15) is 0 Å². The number of rotatable bonds is 2. The van der Waals surface area contributed by atoms with E-state index in [2.05, 4.69) is 37.4 Å². The molecule has 2 nitrogen and oxygen atoms in total. The SMILES string of the molecule is CCC1(c2nc3ccc(C)cc3s2)CCCNC1. The van der Waals surface area contributed by atoms with E-state index in [9.17, 15) is 0 Å². The molecule has 1 unspecified atom stereocenters. The van der Waals surface area contributed by atoms with Gasteiger partial charge < -0.3 is 5.32 Å². The molecule has 1 aliphatic rings. The Balaban J connectivity index is 2.06. The van der Waals surface area contributed by atoms with Crippen LogP contribution < -0.4 is 5.32 Å². The number of aryl methyl sites for hydroxylation is 1. The van der Waals surface area contributed by atoms with Crippen molar-refractivity contribution in [2.24, 2.45) is 0 Å². The second kappa shape index (κ2) is 4.63. The molecule has 3 heteroatoms. The third kappa shape index (κ3) is 1.95. The van der Waals surface area contributed by atoms with Gasteiger partial charge in [-0.3, -0.25) is 0 Å². The summed E-state index contributed by atoms with van der Waals surface area (Å²) in [5.74, 6) is 0. The van der Waals surface area contributed by atoms with Crippen molar-refractivity contribution >= 4 is 21.6 Å². The molecule has 2 aromatic rings. The molecule has 1 N–H and O–H groups in total. The first-order valence-electron chi connectivity index (χ1n) is 6.82. The largest absolute Gasteiger partial charge is 0.316 e. The number of nitrogens with one attached hydrogen (secondary N) is 1. The molecule has 1 atom stereocenters. The van der Waals surface area contributed by atoms with Gasteiger partial charge in [-0.1, -0.05) is 13.0 Å². The molecular weight excluding hydrogens is 240 g/mol. The fourth-order valence-electron chi connectivity index (χ4n) is 2.86. The van der Waals surface area contributed by atoms with Crippen LogP contribution in [0, 0.1) is 6.92 Å². The first kappa shape index (κ1) is 12.1. The van der Waals surface area contributed by atoms with Gasteiger partial charge >= 0.3 is 0 Å². The molecule has 0 amide bonds. The minimum atomic E-state index is 0.274. The average Bonchev–Trinajstić information content (AvgIpc) is 2.83. The zero-order valence-electron chi connectivity index (χ0n) is 11.1. The summed E-state index contributed by atoms with van der Waals surface area (Å²) in [6.45, 7) is 6.69. The van der Waals surface area contributed by atoms with Gasteiger partial charge in [0.1, 0.15) is 5.01 Å². The van der Waals surface area contributed by atoms with E-state index in [0.717, 1.165) is 13.1 Å². The topological polar surface area (TPSA) is 24.9 Å². The molecule has 96 valence electrons. The van der Waals surface area contributed by atoms with Crippen LogP contribution in [0.2, 0.25) is 0 Å². The number of piperidine rings is 1. The lowest BCUT2D eigenvalue weighted by Crippen LogP contribution is -2.42. The first-order valence-corrected chi connectivity index (χ1v) is 7.63. The van der Waals surface area contributed by atoms with Crippen LogP contribution in [0.1, 0.15) is 36.8 Å². The highest BCUT2D eigenvalue weighted by molar-refractivity contribution is 7.18. The highest BCUT2D eigenvalue weighted by Crippen LogP contribution is 2.38. The number of benzene rings is 1. The summed E-state index contributed by atoms with van der Waals surface area (Å²) >= 11 is 1.89. The van der Waals surface area contributed by atoms with E-state index in [1.807, 2.05) is 11.3 Å². The summed E-state index contributed by atoms with van der Waals surface area (Å²) in [6, 6.07) is 6.57. The molecule has 1 fully saturated rings. The minimum absolute atomic E-state index is 0.274. The van der Waals surface area contributed by atoms with E-state index in [4.69, 9.17) is 4.98 Å². The van der Waals surface area contributed by atoms with Gasteiger partial charge in [-0.25, -0.2) is 4.98 Å². The molecule has 0 saturated carbocycles. The molecule has 3 rings (SSSR count). The molecule has 18 heavy (non-hydrogen) atoms. The Bertz CT molecular complexity index is 553. The molecule has 1 saturated heterocycles. The van der Waals surface area contributed by atoms with Gasteiger partial charge in [0, 0.05) is 12.0 Å². The summed E-state index contributed by atoms with van der Waals surface area (Å²) < 4.78 is 1.34. The van der Waals surface area contributed by atoms with E-state index in [1.165, 1.54) is 40.1 Å². The zero-order valence-corrected chi connectivity index (χ0v) is 11.9. The maximum Gasteiger partial charge on any atom is 0.101 e. The van der Waals surface area contributed by atoms with E-state index in [0.29, 0.717) is 0 Å². The van der Waals surface area contributed by atoms with Gasteiger partial charge in [0.25, 0.3) is 0 Å². The number of fused-ring (bicyclic) bond motifs is 1. The first-order chi connectivity index (χ1) is 8.73. The van der Waals surface area contributed by atoms with Crippen molar-refractivity contribution in [2.45, 2.75) is 38.5 Å². The van der Waals surface area contributed by atoms with E-state index >= 15 is 0 Å². The van der Waals surface area contributed by atoms with Gasteiger partial charge in [0.15, 0.2) is 0 Å². The number of hydrogen-bond acceptors (Lipinski definition) is 3. The van der Waals surface area contributed by atoms with Crippen LogP contribution in [0.4, 0.5) is 0 Å².